The van der Waals surface area contributed by atoms with Crippen LogP contribution in [-0.4, -0.2) is 19.6 Å². The Bertz CT molecular complexity index is 539. The molecule has 1 heterocycles. The molecule has 0 bridgehead atoms. The number of rotatable bonds is 7. The van der Waals surface area contributed by atoms with Crippen molar-refractivity contribution >= 4 is 17.0 Å². The number of halogens is 1. The number of hydrogen-bond acceptors (Lipinski definition) is 3. The smallest absolute Gasteiger partial charge is 0.146 e. The third-order valence-corrected chi connectivity index (χ3v) is 4.23. The van der Waals surface area contributed by atoms with Gasteiger partial charge in [-0.2, -0.15) is 0 Å². The first kappa shape index (κ1) is 15.0. The number of benzene rings is 1. The number of nitrogens with zero attached hydrogens (tertiary/aromatic N) is 1. The van der Waals surface area contributed by atoms with E-state index in [0.29, 0.717) is 5.69 Å². The summed E-state index contributed by atoms with van der Waals surface area (Å²) in [6.45, 7) is 7.51. The maximum atomic E-state index is 13.7. The molecule has 0 saturated heterocycles. The van der Waals surface area contributed by atoms with Gasteiger partial charge in [0, 0.05) is 35.9 Å². The Balaban J connectivity index is 1.81. The van der Waals surface area contributed by atoms with Gasteiger partial charge in [0.1, 0.15) is 5.82 Å². The Morgan fingerprint density at radius 1 is 1.20 bits per heavy atom. The summed E-state index contributed by atoms with van der Waals surface area (Å²) in [5, 5.41) is 3.42. The van der Waals surface area contributed by atoms with Gasteiger partial charge < -0.3 is 10.2 Å². The van der Waals surface area contributed by atoms with Crippen molar-refractivity contribution in [2.45, 2.75) is 20.4 Å². The quantitative estimate of drug-likeness (QED) is 0.781. The molecule has 1 aromatic carbocycles. The van der Waals surface area contributed by atoms with Gasteiger partial charge in [-0.05, 0) is 38.1 Å². The molecule has 0 unspecified atom stereocenters. The summed E-state index contributed by atoms with van der Waals surface area (Å²) in [4.78, 5) is 4.74. The summed E-state index contributed by atoms with van der Waals surface area (Å²) >= 11 is 1.82. The lowest BCUT2D eigenvalue weighted by Crippen LogP contribution is -2.32. The summed E-state index contributed by atoms with van der Waals surface area (Å²) in [7, 11) is 0. The maximum absolute atomic E-state index is 13.7. The first-order valence-corrected chi connectivity index (χ1v) is 7.78. The van der Waals surface area contributed by atoms with Crippen molar-refractivity contribution in [1.29, 1.82) is 0 Å². The van der Waals surface area contributed by atoms with E-state index in [0.717, 1.165) is 26.2 Å². The summed E-state index contributed by atoms with van der Waals surface area (Å²) in [5.41, 5.74) is 0.684. The maximum Gasteiger partial charge on any atom is 0.146 e. The van der Waals surface area contributed by atoms with Crippen LogP contribution in [0, 0.1) is 12.7 Å². The molecule has 0 aliphatic heterocycles. The van der Waals surface area contributed by atoms with Crippen molar-refractivity contribution in [2.24, 2.45) is 0 Å². The van der Waals surface area contributed by atoms with E-state index in [1.165, 1.54) is 15.8 Å². The minimum absolute atomic E-state index is 0.150. The number of likely N-dealkylation sites (N-methyl/N-ethyl adjacent to an activating group) is 1. The van der Waals surface area contributed by atoms with Crippen molar-refractivity contribution in [2.75, 3.05) is 24.5 Å². The molecule has 0 fully saturated rings. The number of anilines is 1. The first-order valence-electron chi connectivity index (χ1n) is 6.96. The van der Waals surface area contributed by atoms with Gasteiger partial charge in [0.2, 0.25) is 0 Å². The summed E-state index contributed by atoms with van der Waals surface area (Å²) in [6, 6.07) is 11.2. The van der Waals surface area contributed by atoms with Crippen LogP contribution in [0.4, 0.5) is 10.1 Å². The SMILES string of the molecule is CCN(CCNCc1ccc(C)s1)c1ccccc1F. The summed E-state index contributed by atoms with van der Waals surface area (Å²) in [6.07, 6.45) is 0. The van der Waals surface area contributed by atoms with Crippen molar-refractivity contribution in [3.05, 3.63) is 52.0 Å². The lowest BCUT2D eigenvalue weighted by molar-refractivity contribution is 0.610. The number of para-hydroxylation sites is 1. The van der Waals surface area contributed by atoms with Crippen LogP contribution in [0.1, 0.15) is 16.7 Å². The highest BCUT2D eigenvalue weighted by atomic mass is 32.1. The monoisotopic (exact) mass is 292 g/mol. The first-order chi connectivity index (χ1) is 9.70. The molecule has 0 spiro atoms. The largest absolute Gasteiger partial charge is 0.368 e. The van der Waals surface area contributed by atoms with Crippen LogP contribution in [0.25, 0.3) is 0 Å². The Morgan fingerprint density at radius 2 is 2.00 bits per heavy atom. The van der Waals surface area contributed by atoms with E-state index in [1.54, 1.807) is 6.07 Å². The normalized spacial score (nSPS) is 10.8. The molecular formula is C16H21FN2S. The van der Waals surface area contributed by atoms with Gasteiger partial charge in [0.15, 0.2) is 0 Å². The van der Waals surface area contributed by atoms with E-state index in [4.69, 9.17) is 0 Å². The van der Waals surface area contributed by atoms with Gasteiger partial charge in [-0.15, -0.1) is 11.3 Å². The second-order valence-electron chi connectivity index (χ2n) is 4.72. The predicted octanol–water partition coefficient (Wildman–Crippen LogP) is 3.81. The zero-order chi connectivity index (χ0) is 14.4. The molecule has 1 N–H and O–H groups in total. The fraction of sp³-hybridized carbons (Fsp3) is 0.375. The molecule has 20 heavy (non-hydrogen) atoms. The van der Waals surface area contributed by atoms with Gasteiger partial charge in [0.25, 0.3) is 0 Å². The molecule has 0 radical (unpaired) electrons. The summed E-state index contributed by atoms with van der Waals surface area (Å²) < 4.78 is 13.7. The van der Waals surface area contributed by atoms with Gasteiger partial charge in [0.05, 0.1) is 5.69 Å². The fourth-order valence-corrected chi connectivity index (χ4v) is 3.02. The van der Waals surface area contributed by atoms with Crippen molar-refractivity contribution < 1.29 is 4.39 Å². The molecular weight excluding hydrogens is 271 g/mol. The number of thiophene rings is 1. The lowest BCUT2D eigenvalue weighted by atomic mass is 10.2. The van der Waals surface area contributed by atoms with E-state index < -0.39 is 0 Å². The molecule has 0 amide bonds. The van der Waals surface area contributed by atoms with Crippen molar-refractivity contribution in [3.8, 4) is 0 Å². The van der Waals surface area contributed by atoms with Gasteiger partial charge in [-0.3, -0.25) is 0 Å². The highest BCUT2D eigenvalue weighted by Gasteiger charge is 2.08. The molecule has 0 aliphatic rings. The molecule has 108 valence electrons. The van der Waals surface area contributed by atoms with Crippen molar-refractivity contribution in [1.82, 2.24) is 5.32 Å². The second-order valence-corrected chi connectivity index (χ2v) is 6.09. The zero-order valence-corrected chi connectivity index (χ0v) is 12.8. The van der Waals surface area contributed by atoms with Crippen LogP contribution in [0.3, 0.4) is 0 Å². The van der Waals surface area contributed by atoms with E-state index in [1.807, 2.05) is 23.5 Å². The van der Waals surface area contributed by atoms with Gasteiger partial charge in [-0.1, -0.05) is 12.1 Å². The zero-order valence-electron chi connectivity index (χ0n) is 12.0. The average molecular weight is 292 g/mol. The van der Waals surface area contributed by atoms with Crippen molar-refractivity contribution in [3.63, 3.8) is 0 Å². The van der Waals surface area contributed by atoms with Crippen LogP contribution < -0.4 is 10.2 Å². The highest BCUT2D eigenvalue weighted by Crippen LogP contribution is 2.18. The third kappa shape index (κ3) is 4.05. The number of aryl methyl sites for hydroxylation is 1. The van der Waals surface area contributed by atoms with Crippen LogP contribution in [0.2, 0.25) is 0 Å². The number of hydrogen-bond donors (Lipinski definition) is 1. The third-order valence-electron chi connectivity index (χ3n) is 3.23. The van der Waals surface area contributed by atoms with E-state index in [-0.39, 0.29) is 5.82 Å². The van der Waals surface area contributed by atoms with Crippen LogP contribution in [0.15, 0.2) is 36.4 Å². The molecule has 0 atom stereocenters. The Morgan fingerprint density at radius 3 is 2.65 bits per heavy atom. The standard InChI is InChI=1S/C16H21FN2S/c1-3-19(16-7-5-4-6-15(16)17)11-10-18-12-14-9-8-13(2)20-14/h4-9,18H,3,10-12H2,1-2H3. The summed E-state index contributed by atoms with van der Waals surface area (Å²) in [5.74, 6) is -0.150. The molecule has 2 rings (SSSR count). The predicted molar refractivity (Wildman–Crippen MR) is 85.0 cm³/mol. The minimum atomic E-state index is -0.150. The van der Waals surface area contributed by atoms with E-state index in [9.17, 15) is 4.39 Å². The number of nitrogens with one attached hydrogen (secondary N) is 1. The molecule has 0 saturated carbocycles. The fourth-order valence-electron chi connectivity index (χ4n) is 2.16. The Hall–Kier alpha value is -1.39. The average Bonchev–Trinajstić information content (AvgIpc) is 2.86. The molecule has 0 aliphatic carbocycles. The minimum Gasteiger partial charge on any atom is -0.368 e. The Labute approximate surface area is 124 Å². The van der Waals surface area contributed by atoms with Crippen LogP contribution >= 0.6 is 11.3 Å². The molecule has 2 aromatic rings. The van der Waals surface area contributed by atoms with E-state index in [2.05, 4.69) is 36.2 Å². The van der Waals surface area contributed by atoms with Crippen LogP contribution in [-0.2, 0) is 6.54 Å². The van der Waals surface area contributed by atoms with E-state index >= 15 is 0 Å². The lowest BCUT2D eigenvalue weighted by Gasteiger charge is -2.23. The Kier molecular flexibility index (Phi) is 5.56. The van der Waals surface area contributed by atoms with Gasteiger partial charge in [-0.25, -0.2) is 4.39 Å². The second kappa shape index (κ2) is 7.41. The van der Waals surface area contributed by atoms with Gasteiger partial charge >= 0.3 is 0 Å². The topological polar surface area (TPSA) is 15.3 Å². The molecule has 1 aromatic heterocycles. The highest BCUT2D eigenvalue weighted by molar-refractivity contribution is 7.11. The molecule has 2 nitrogen and oxygen atoms in total. The molecule has 4 heteroatoms. The van der Waals surface area contributed by atoms with Crippen LogP contribution in [0.5, 0.6) is 0 Å².